The van der Waals surface area contributed by atoms with Crippen molar-refractivity contribution < 1.29 is 9.13 Å². The first-order chi connectivity index (χ1) is 11.0. The third kappa shape index (κ3) is 3.47. The van der Waals surface area contributed by atoms with Gasteiger partial charge in [-0.05, 0) is 45.7 Å². The van der Waals surface area contributed by atoms with E-state index < -0.39 is 6.67 Å². The smallest absolute Gasteiger partial charge is 0.130 e. The molecule has 0 unspecified atom stereocenters. The summed E-state index contributed by atoms with van der Waals surface area (Å²) in [7, 11) is 0. The van der Waals surface area contributed by atoms with Gasteiger partial charge in [0.1, 0.15) is 18.5 Å². The van der Waals surface area contributed by atoms with Crippen molar-refractivity contribution in [3.05, 3.63) is 36.0 Å². The van der Waals surface area contributed by atoms with Gasteiger partial charge in [-0.2, -0.15) is 0 Å². The van der Waals surface area contributed by atoms with Gasteiger partial charge in [-0.15, -0.1) is 0 Å². The predicted molar refractivity (Wildman–Crippen MR) is 91.5 cm³/mol. The molecule has 0 aliphatic carbocycles. The molecule has 0 saturated carbocycles. The lowest BCUT2D eigenvalue weighted by molar-refractivity contribution is 0.0498. The average Bonchev–Trinajstić information content (AvgIpc) is 2.54. The van der Waals surface area contributed by atoms with E-state index in [2.05, 4.69) is 30.7 Å². The van der Waals surface area contributed by atoms with E-state index in [1.54, 1.807) is 12.3 Å². The van der Waals surface area contributed by atoms with Crippen LogP contribution in [0.3, 0.4) is 0 Å². The summed E-state index contributed by atoms with van der Waals surface area (Å²) in [6.45, 7) is 8.35. The van der Waals surface area contributed by atoms with Crippen molar-refractivity contribution in [2.45, 2.75) is 51.9 Å². The van der Waals surface area contributed by atoms with E-state index in [0.717, 1.165) is 37.1 Å². The summed E-state index contributed by atoms with van der Waals surface area (Å²) in [4.78, 5) is 6.82. The topological polar surface area (TPSA) is 25.4 Å². The van der Waals surface area contributed by atoms with Crippen LogP contribution in [0.1, 0.15) is 39.2 Å². The average molecular weight is 316 g/mol. The van der Waals surface area contributed by atoms with Crippen LogP contribution in [0.4, 0.5) is 4.39 Å². The van der Waals surface area contributed by atoms with Gasteiger partial charge in [0.2, 0.25) is 0 Å². The third-order valence-electron chi connectivity index (χ3n) is 4.64. The zero-order chi connectivity index (χ0) is 16.4. The van der Waals surface area contributed by atoms with Gasteiger partial charge in [-0.25, -0.2) is 4.39 Å². The molecular formula is C19H25FN2O. The Hall–Kier alpha value is -1.68. The molecule has 3 nitrogen and oxygen atoms in total. The van der Waals surface area contributed by atoms with Crippen LogP contribution >= 0.6 is 0 Å². The van der Waals surface area contributed by atoms with Crippen molar-refractivity contribution in [1.82, 2.24) is 9.88 Å². The van der Waals surface area contributed by atoms with Crippen LogP contribution in [0.5, 0.6) is 5.75 Å². The van der Waals surface area contributed by atoms with E-state index in [4.69, 9.17) is 4.74 Å². The first-order valence-corrected chi connectivity index (χ1v) is 8.33. The first kappa shape index (κ1) is 16.2. The van der Waals surface area contributed by atoms with E-state index in [1.165, 1.54) is 0 Å². The second kappa shape index (κ2) is 6.44. The molecule has 23 heavy (non-hydrogen) atoms. The fourth-order valence-electron chi connectivity index (χ4n) is 3.25. The van der Waals surface area contributed by atoms with Crippen molar-refractivity contribution >= 4 is 10.9 Å². The van der Waals surface area contributed by atoms with Gasteiger partial charge in [0.05, 0.1) is 5.52 Å². The van der Waals surface area contributed by atoms with Crippen molar-refractivity contribution in [3.8, 4) is 5.75 Å². The molecule has 124 valence electrons. The Kier molecular flexibility index (Phi) is 4.53. The fraction of sp³-hybridized carbons (Fsp3) is 0.526. The molecule has 1 aliphatic rings. The molecular weight excluding hydrogens is 291 g/mol. The Morgan fingerprint density at radius 1 is 1.22 bits per heavy atom. The highest BCUT2D eigenvalue weighted by Crippen LogP contribution is 2.30. The lowest BCUT2D eigenvalue weighted by atomic mass is 9.99. The second-order valence-corrected chi connectivity index (χ2v) is 7.23. The number of benzene rings is 1. The molecule has 2 heterocycles. The first-order valence-electron chi connectivity index (χ1n) is 8.33. The number of ether oxygens (including phenoxy) is 1. The number of pyridine rings is 1. The lowest BCUT2D eigenvalue weighted by Gasteiger charge is -2.40. The molecule has 0 amide bonds. The molecule has 0 atom stereocenters. The normalized spacial score (nSPS) is 17.6. The number of halogens is 1. The number of hydrogen-bond donors (Lipinski definition) is 0. The number of para-hydroxylation sites is 1. The van der Waals surface area contributed by atoms with Crippen LogP contribution in [0, 0.1) is 0 Å². The van der Waals surface area contributed by atoms with Crippen LogP contribution < -0.4 is 4.74 Å². The number of likely N-dealkylation sites (tertiary alicyclic amines) is 1. The molecule has 0 radical (unpaired) electrons. The molecule has 1 aromatic heterocycles. The van der Waals surface area contributed by atoms with E-state index in [1.807, 2.05) is 18.2 Å². The Morgan fingerprint density at radius 3 is 2.61 bits per heavy atom. The Bertz CT molecular complexity index is 673. The molecule has 3 rings (SSSR count). The van der Waals surface area contributed by atoms with Gasteiger partial charge in [-0.3, -0.25) is 9.88 Å². The summed E-state index contributed by atoms with van der Waals surface area (Å²) in [5.41, 5.74) is 1.54. The second-order valence-electron chi connectivity index (χ2n) is 7.23. The van der Waals surface area contributed by atoms with Crippen molar-refractivity contribution in [2.24, 2.45) is 0 Å². The minimum atomic E-state index is -0.502. The third-order valence-corrected chi connectivity index (χ3v) is 4.64. The summed E-state index contributed by atoms with van der Waals surface area (Å²) < 4.78 is 19.4. The molecule has 0 spiro atoms. The minimum Gasteiger partial charge on any atom is -0.490 e. The molecule has 1 fully saturated rings. The van der Waals surface area contributed by atoms with E-state index in [-0.39, 0.29) is 11.6 Å². The van der Waals surface area contributed by atoms with Crippen molar-refractivity contribution in [3.63, 3.8) is 0 Å². The lowest BCUT2D eigenvalue weighted by Crippen LogP contribution is -2.48. The monoisotopic (exact) mass is 316 g/mol. The SMILES string of the molecule is CC(C)(C)N1CCC(Oc2ccnc3c(CF)cccc23)CC1. The predicted octanol–water partition coefficient (Wildman–Crippen LogP) is 4.35. The maximum absolute atomic E-state index is 13.1. The number of alkyl halides is 1. The van der Waals surface area contributed by atoms with Gasteiger partial charge in [0.25, 0.3) is 0 Å². The molecule has 1 saturated heterocycles. The van der Waals surface area contributed by atoms with Crippen LogP contribution in [0.25, 0.3) is 10.9 Å². The van der Waals surface area contributed by atoms with E-state index in [0.29, 0.717) is 11.1 Å². The van der Waals surface area contributed by atoms with Gasteiger partial charge in [-0.1, -0.05) is 12.1 Å². The Morgan fingerprint density at radius 2 is 1.96 bits per heavy atom. The zero-order valence-electron chi connectivity index (χ0n) is 14.2. The zero-order valence-corrected chi connectivity index (χ0v) is 14.2. The van der Waals surface area contributed by atoms with E-state index >= 15 is 0 Å². The van der Waals surface area contributed by atoms with Crippen LogP contribution in [-0.4, -0.2) is 34.6 Å². The van der Waals surface area contributed by atoms with E-state index in [9.17, 15) is 4.39 Å². The quantitative estimate of drug-likeness (QED) is 0.842. The fourth-order valence-corrected chi connectivity index (χ4v) is 3.25. The summed E-state index contributed by atoms with van der Waals surface area (Å²) in [5.74, 6) is 0.819. The van der Waals surface area contributed by atoms with Crippen molar-refractivity contribution in [2.75, 3.05) is 13.1 Å². The molecule has 2 aromatic rings. The largest absolute Gasteiger partial charge is 0.490 e. The number of piperidine rings is 1. The summed E-state index contributed by atoms with van der Waals surface area (Å²) >= 11 is 0. The standard InChI is InChI=1S/C19H25FN2O/c1-19(2,3)22-11-8-15(9-12-22)23-17-7-10-21-18-14(13-20)5-4-6-16(17)18/h4-7,10,15H,8-9,11-13H2,1-3H3. The minimum absolute atomic E-state index is 0.213. The van der Waals surface area contributed by atoms with Gasteiger partial charge < -0.3 is 4.74 Å². The molecule has 0 bridgehead atoms. The highest BCUT2D eigenvalue weighted by atomic mass is 19.1. The molecule has 1 aromatic carbocycles. The van der Waals surface area contributed by atoms with Crippen LogP contribution in [0.2, 0.25) is 0 Å². The van der Waals surface area contributed by atoms with Gasteiger partial charge in [0, 0.05) is 35.8 Å². The van der Waals surface area contributed by atoms with Gasteiger partial charge in [0.15, 0.2) is 0 Å². The van der Waals surface area contributed by atoms with Crippen molar-refractivity contribution in [1.29, 1.82) is 0 Å². The summed E-state index contributed by atoms with van der Waals surface area (Å²) in [5, 5.41) is 0.904. The maximum atomic E-state index is 13.1. The number of hydrogen-bond acceptors (Lipinski definition) is 3. The highest BCUT2D eigenvalue weighted by Gasteiger charge is 2.28. The van der Waals surface area contributed by atoms with Crippen LogP contribution in [-0.2, 0) is 6.67 Å². The number of aromatic nitrogens is 1. The molecule has 4 heteroatoms. The Balaban J connectivity index is 1.76. The molecule has 0 N–H and O–H groups in total. The highest BCUT2D eigenvalue weighted by molar-refractivity contribution is 5.87. The van der Waals surface area contributed by atoms with Crippen LogP contribution in [0.15, 0.2) is 30.5 Å². The maximum Gasteiger partial charge on any atom is 0.130 e. The summed E-state index contributed by atoms with van der Waals surface area (Å²) in [6.07, 6.45) is 3.96. The van der Waals surface area contributed by atoms with Gasteiger partial charge >= 0.3 is 0 Å². The number of fused-ring (bicyclic) bond motifs is 1. The number of rotatable bonds is 3. The Labute approximate surface area is 137 Å². The molecule has 1 aliphatic heterocycles. The number of nitrogens with zero attached hydrogens (tertiary/aromatic N) is 2. The summed E-state index contributed by atoms with van der Waals surface area (Å²) in [6, 6.07) is 7.50.